The number of carbonyl (C=O) groups excluding carboxylic acids is 4. The van der Waals surface area contributed by atoms with Gasteiger partial charge in [0.05, 0.1) is 6.54 Å². The van der Waals surface area contributed by atoms with E-state index in [2.05, 4.69) is 0 Å². The third-order valence-corrected chi connectivity index (χ3v) is 7.87. The van der Waals surface area contributed by atoms with E-state index in [9.17, 15) is 19.2 Å². The van der Waals surface area contributed by atoms with E-state index >= 15 is 0 Å². The summed E-state index contributed by atoms with van der Waals surface area (Å²) in [6.45, 7) is 3.62. The fraction of sp³-hybridized carbons (Fsp3) is 0.389. The number of fused-ring (bicyclic) bond motifs is 1. The average molecular weight is 614 g/mol. The van der Waals surface area contributed by atoms with Gasteiger partial charge in [-0.1, -0.05) is 78.9 Å². The first kappa shape index (κ1) is 35.0. The number of likely N-dealkylation sites (N-methyl/N-ethyl adjacent to an activating group) is 4. The number of nitrogens with two attached hydrogens (primary N) is 1. The Labute approximate surface area is 267 Å². The van der Waals surface area contributed by atoms with Crippen molar-refractivity contribution in [1.29, 1.82) is 0 Å². The highest BCUT2D eigenvalue weighted by Gasteiger charge is 2.36. The Kier molecular flexibility index (Phi) is 12.0. The molecule has 0 saturated heterocycles. The number of nitrogens with zero attached hydrogens (tertiary/aromatic N) is 4. The third kappa shape index (κ3) is 10.0. The molecule has 2 atom stereocenters. The third-order valence-electron chi connectivity index (χ3n) is 7.87. The quantitative estimate of drug-likeness (QED) is 0.297. The van der Waals surface area contributed by atoms with E-state index in [1.54, 1.807) is 41.3 Å². The molecule has 0 fully saturated rings. The molecule has 0 radical (unpaired) electrons. The highest BCUT2D eigenvalue weighted by molar-refractivity contribution is 5.95. The van der Waals surface area contributed by atoms with Crippen molar-refractivity contribution in [1.82, 2.24) is 19.6 Å². The molecule has 0 spiro atoms. The van der Waals surface area contributed by atoms with Crippen LogP contribution in [0.15, 0.2) is 84.9 Å². The molecule has 0 bridgehead atoms. The molecule has 0 aliphatic rings. The number of hydrogen-bond donors (Lipinski definition) is 1. The first-order chi connectivity index (χ1) is 21.2. The van der Waals surface area contributed by atoms with Crippen LogP contribution in [0.4, 0.5) is 0 Å². The van der Waals surface area contributed by atoms with Crippen LogP contribution in [0.5, 0.6) is 0 Å². The van der Waals surface area contributed by atoms with Gasteiger partial charge in [-0.2, -0.15) is 0 Å². The molecule has 0 saturated carbocycles. The van der Waals surface area contributed by atoms with Crippen LogP contribution in [0, 0.1) is 0 Å². The average Bonchev–Trinajstić information content (AvgIpc) is 3.00. The van der Waals surface area contributed by atoms with Gasteiger partial charge in [0.15, 0.2) is 0 Å². The second-order valence-corrected chi connectivity index (χ2v) is 12.6. The highest BCUT2D eigenvalue weighted by atomic mass is 16.2. The molecular formula is C36H47N5O4. The molecule has 0 aromatic heterocycles. The number of carbonyl (C=O) groups is 4. The second-order valence-electron chi connectivity index (χ2n) is 12.6. The monoisotopic (exact) mass is 613 g/mol. The van der Waals surface area contributed by atoms with Crippen molar-refractivity contribution in [2.75, 3.05) is 41.8 Å². The molecule has 0 unspecified atom stereocenters. The van der Waals surface area contributed by atoms with E-state index in [0.717, 1.165) is 21.9 Å². The Hall–Kier alpha value is -4.50. The number of amides is 4. The maximum atomic E-state index is 14.4. The molecule has 4 amide bonds. The van der Waals surface area contributed by atoms with Crippen LogP contribution in [0.3, 0.4) is 0 Å². The Morgan fingerprint density at radius 1 is 0.733 bits per heavy atom. The van der Waals surface area contributed by atoms with Gasteiger partial charge in [-0.25, -0.2) is 0 Å². The van der Waals surface area contributed by atoms with Crippen LogP contribution >= 0.6 is 0 Å². The molecule has 240 valence electrons. The lowest BCUT2D eigenvalue weighted by Gasteiger charge is -2.36. The Bertz CT molecular complexity index is 1510. The van der Waals surface area contributed by atoms with Gasteiger partial charge in [0.1, 0.15) is 12.1 Å². The van der Waals surface area contributed by atoms with Gasteiger partial charge in [0, 0.05) is 53.6 Å². The summed E-state index contributed by atoms with van der Waals surface area (Å²) in [5.74, 6) is -1.32. The second kappa shape index (κ2) is 15.5. The maximum absolute atomic E-state index is 14.4. The Balaban J connectivity index is 1.99. The highest BCUT2D eigenvalue weighted by Crippen LogP contribution is 2.21. The van der Waals surface area contributed by atoms with Gasteiger partial charge in [0.2, 0.25) is 23.6 Å². The van der Waals surface area contributed by atoms with Crippen molar-refractivity contribution in [3.63, 3.8) is 0 Å². The van der Waals surface area contributed by atoms with Crippen LogP contribution in [0.25, 0.3) is 10.8 Å². The summed E-state index contributed by atoms with van der Waals surface area (Å²) in [5, 5.41) is 2.10. The van der Waals surface area contributed by atoms with E-state index in [1.165, 1.54) is 25.7 Å². The summed E-state index contributed by atoms with van der Waals surface area (Å²) >= 11 is 0. The predicted molar refractivity (Wildman–Crippen MR) is 179 cm³/mol. The lowest BCUT2D eigenvalue weighted by atomic mass is 9.98. The Morgan fingerprint density at radius 2 is 1.31 bits per heavy atom. The van der Waals surface area contributed by atoms with Gasteiger partial charge in [-0.3, -0.25) is 19.2 Å². The fourth-order valence-corrected chi connectivity index (χ4v) is 5.01. The molecule has 3 aromatic rings. The zero-order valence-electron chi connectivity index (χ0n) is 27.6. The maximum Gasteiger partial charge on any atom is 0.246 e. The van der Waals surface area contributed by atoms with Crippen LogP contribution in [-0.2, 0) is 32.0 Å². The van der Waals surface area contributed by atoms with Crippen LogP contribution < -0.4 is 5.73 Å². The first-order valence-electron chi connectivity index (χ1n) is 15.1. The molecule has 0 aliphatic carbocycles. The number of hydrogen-bond acceptors (Lipinski definition) is 5. The molecule has 3 rings (SSSR count). The molecule has 9 heteroatoms. The van der Waals surface area contributed by atoms with Crippen molar-refractivity contribution < 1.29 is 19.2 Å². The van der Waals surface area contributed by atoms with Crippen LogP contribution in [-0.4, -0.2) is 103 Å². The summed E-state index contributed by atoms with van der Waals surface area (Å²) in [6, 6.07) is 21.6. The van der Waals surface area contributed by atoms with E-state index < -0.39 is 17.6 Å². The zero-order chi connectivity index (χ0) is 33.3. The van der Waals surface area contributed by atoms with Crippen LogP contribution in [0.1, 0.15) is 31.4 Å². The molecule has 3 aromatic carbocycles. The van der Waals surface area contributed by atoms with Gasteiger partial charge in [0.25, 0.3) is 0 Å². The van der Waals surface area contributed by atoms with Crippen molar-refractivity contribution in [2.45, 2.75) is 50.7 Å². The molecular weight excluding hydrogens is 566 g/mol. The first-order valence-corrected chi connectivity index (χ1v) is 15.1. The smallest absolute Gasteiger partial charge is 0.246 e. The number of benzene rings is 3. The van der Waals surface area contributed by atoms with E-state index in [4.69, 9.17) is 5.73 Å². The van der Waals surface area contributed by atoms with Crippen LogP contribution in [0.2, 0.25) is 0 Å². The minimum atomic E-state index is -0.906. The standard InChI is InChI=1S/C36H47N5O4/c1-36(2,37)21-13-18-32(42)40(6)31(24-27-19-20-28-16-11-12-17-29(28)22-27)35(45)41(7)30(23-26-14-9-8-10-15-26)34(44)39(5)25-33(43)38(3)4/h8-20,22,30-31H,21,23-25,37H2,1-7H3/b18-13+/t30-,31-/m0/s1. The SMILES string of the molecule is CN(C)C(=O)CN(C)C(=O)[C@H](Cc1ccccc1)N(C)C(=O)[C@H](Cc1ccc2ccccc2c1)N(C)C(=O)/C=C/CC(C)(C)N. The summed E-state index contributed by atoms with van der Waals surface area (Å²) in [7, 11) is 8.02. The van der Waals surface area contributed by atoms with E-state index in [-0.39, 0.29) is 43.0 Å². The van der Waals surface area contributed by atoms with E-state index in [1.807, 2.05) is 86.6 Å². The van der Waals surface area contributed by atoms with Crippen molar-refractivity contribution in [3.05, 3.63) is 96.1 Å². The minimum absolute atomic E-state index is 0.125. The fourth-order valence-electron chi connectivity index (χ4n) is 5.01. The largest absolute Gasteiger partial charge is 0.347 e. The molecule has 2 N–H and O–H groups in total. The molecule has 0 aliphatic heterocycles. The zero-order valence-corrected chi connectivity index (χ0v) is 27.6. The Morgan fingerprint density at radius 3 is 1.93 bits per heavy atom. The van der Waals surface area contributed by atoms with Crippen molar-refractivity contribution >= 4 is 34.4 Å². The topological polar surface area (TPSA) is 107 Å². The predicted octanol–water partition coefficient (Wildman–Crippen LogP) is 3.51. The van der Waals surface area contributed by atoms with Gasteiger partial charge in [-0.05, 0) is 48.2 Å². The summed E-state index contributed by atoms with van der Waals surface area (Å²) in [6.07, 6.45) is 4.14. The van der Waals surface area contributed by atoms with Gasteiger partial charge >= 0.3 is 0 Å². The van der Waals surface area contributed by atoms with Gasteiger partial charge in [-0.15, -0.1) is 0 Å². The summed E-state index contributed by atoms with van der Waals surface area (Å²) < 4.78 is 0. The van der Waals surface area contributed by atoms with E-state index in [0.29, 0.717) is 6.42 Å². The minimum Gasteiger partial charge on any atom is -0.347 e. The summed E-state index contributed by atoms with van der Waals surface area (Å²) in [5.41, 5.74) is 7.35. The van der Waals surface area contributed by atoms with Gasteiger partial charge < -0.3 is 25.3 Å². The van der Waals surface area contributed by atoms with Crippen molar-refractivity contribution in [2.24, 2.45) is 5.73 Å². The lowest BCUT2D eigenvalue weighted by Crippen LogP contribution is -2.56. The normalized spacial score (nSPS) is 12.9. The molecule has 9 nitrogen and oxygen atoms in total. The molecule has 0 heterocycles. The van der Waals surface area contributed by atoms with Crippen molar-refractivity contribution in [3.8, 4) is 0 Å². The molecule has 45 heavy (non-hydrogen) atoms. The lowest BCUT2D eigenvalue weighted by molar-refractivity contribution is -0.149. The number of rotatable bonds is 13. The summed E-state index contributed by atoms with van der Waals surface area (Å²) in [4.78, 5) is 59.8.